The fourth-order valence-electron chi connectivity index (χ4n) is 2.01. The lowest BCUT2D eigenvalue weighted by atomic mass is 10.2. The van der Waals surface area contributed by atoms with Gasteiger partial charge in [-0.2, -0.15) is 0 Å². The van der Waals surface area contributed by atoms with Crippen LogP contribution in [-0.4, -0.2) is 49.5 Å². The Kier molecular flexibility index (Phi) is 6.13. The van der Waals surface area contributed by atoms with E-state index in [9.17, 15) is 9.59 Å². The first-order chi connectivity index (χ1) is 12.0. The number of methoxy groups -OCH3 is 2. The summed E-state index contributed by atoms with van der Waals surface area (Å²) in [5.74, 6) is 0.404. The van der Waals surface area contributed by atoms with Crippen molar-refractivity contribution >= 4 is 28.3 Å². The van der Waals surface area contributed by atoms with E-state index in [0.29, 0.717) is 28.7 Å². The molecule has 132 valence electrons. The predicted octanol–water partition coefficient (Wildman–Crippen LogP) is 2.67. The average Bonchev–Trinajstić information content (AvgIpc) is 3.09. The van der Waals surface area contributed by atoms with E-state index in [0.717, 1.165) is 0 Å². The lowest BCUT2D eigenvalue weighted by Crippen LogP contribution is -2.27. The molecule has 0 saturated carbocycles. The number of thiazole rings is 1. The summed E-state index contributed by atoms with van der Waals surface area (Å²) in [6.07, 6.45) is 1.63. The fraction of sp³-hybridized carbons (Fsp3) is 0.235. The fourth-order valence-corrected chi connectivity index (χ4v) is 2.69. The third-order valence-corrected chi connectivity index (χ3v) is 4.06. The monoisotopic (exact) mass is 361 g/mol. The number of benzene rings is 1. The quantitative estimate of drug-likeness (QED) is 0.767. The molecule has 1 aromatic carbocycles. The van der Waals surface area contributed by atoms with Crippen molar-refractivity contribution in [2.45, 2.75) is 0 Å². The summed E-state index contributed by atoms with van der Waals surface area (Å²) in [5, 5.41) is 4.61. The molecule has 0 spiro atoms. The Morgan fingerprint density at radius 1 is 1.28 bits per heavy atom. The minimum atomic E-state index is -0.370. The van der Waals surface area contributed by atoms with Crippen LogP contribution in [0.1, 0.15) is 20.8 Å². The van der Waals surface area contributed by atoms with Crippen molar-refractivity contribution < 1.29 is 19.1 Å². The zero-order valence-electron chi connectivity index (χ0n) is 14.2. The van der Waals surface area contributed by atoms with E-state index >= 15 is 0 Å². The minimum absolute atomic E-state index is 0.236. The van der Waals surface area contributed by atoms with E-state index < -0.39 is 0 Å². The van der Waals surface area contributed by atoms with Crippen molar-refractivity contribution in [3.05, 3.63) is 47.5 Å². The van der Waals surface area contributed by atoms with E-state index in [-0.39, 0.29) is 17.5 Å². The van der Waals surface area contributed by atoms with Crippen LogP contribution in [0, 0.1) is 0 Å². The van der Waals surface area contributed by atoms with Gasteiger partial charge in [0.25, 0.3) is 11.8 Å². The van der Waals surface area contributed by atoms with Crippen molar-refractivity contribution in [2.24, 2.45) is 0 Å². The lowest BCUT2D eigenvalue weighted by Gasteiger charge is -2.12. The van der Waals surface area contributed by atoms with Crippen molar-refractivity contribution in [1.82, 2.24) is 9.88 Å². The highest BCUT2D eigenvalue weighted by atomic mass is 32.1. The summed E-state index contributed by atoms with van der Waals surface area (Å²) < 4.78 is 10.3. The van der Waals surface area contributed by atoms with Crippen molar-refractivity contribution in [3.63, 3.8) is 0 Å². The maximum Gasteiger partial charge on any atom is 0.273 e. The number of carbonyl (C=O) groups excluding carboxylic acids is 2. The molecule has 0 aliphatic rings. The Morgan fingerprint density at radius 3 is 2.48 bits per heavy atom. The summed E-state index contributed by atoms with van der Waals surface area (Å²) >= 11 is 1.18. The number of hydrogen-bond acceptors (Lipinski definition) is 6. The molecule has 1 heterocycles. The van der Waals surface area contributed by atoms with Crippen LogP contribution < -0.4 is 14.8 Å². The molecule has 25 heavy (non-hydrogen) atoms. The van der Waals surface area contributed by atoms with Gasteiger partial charge in [-0.1, -0.05) is 6.08 Å². The number of nitrogens with zero attached hydrogens (tertiary/aromatic N) is 2. The third kappa shape index (κ3) is 4.57. The molecule has 8 heteroatoms. The van der Waals surface area contributed by atoms with Crippen LogP contribution in [0.5, 0.6) is 11.5 Å². The van der Waals surface area contributed by atoms with Gasteiger partial charge >= 0.3 is 0 Å². The second kappa shape index (κ2) is 8.29. The molecular weight excluding hydrogens is 342 g/mol. The zero-order valence-corrected chi connectivity index (χ0v) is 15.1. The van der Waals surface area contributed by atoms with E-state index in [1.807, 2.05) is 0 Å². The summed E-state index contributed by atoms with van der Waals surface area (Å²) in [6, 6.07) is 4.86. The van der Waals surface area contributed by atoms with Crippen molar-refractivity contribution in [3.8, 4) is 11.5 Å². The molecule has 0 bridgehead atoms. The Labute approximate surface area is 149 Å². The molecule has 1 N–H and O–H groups in total. The van der Waals surface area contributed by atoms with Crippen LogP contribution in [0.4, 0.5) is 5.13 Å². The SMILES string of the molecule is C=CCN(C)C(=O)c1csc(NC(=O)c2cc(OC)cc(OC)c2)n1. The summed E-state index contributed by atoms with van der Waals surface area (Å²) in [5.41, 5.74) is 0.635. The highest BCUT2D eigenvalue weighted by molar-refractivity contribution is 7.14. The number of carbonyl (C=O) groups is 2. The van der Waals surface area contributed by atoms with Crippen molar-refractivity contribution in [1.29, 1.82) is 0 Å². The third-order valence-electron chi connectivity index (χ3n) is 3.31. The number of aromatic nitrogens is 1. The van der Waals surface area contributed by atoms with Gasteiger partial charge in [0, 0.05) is 30.6 Å². The Balaban J connectivity index is 2.14. The largest absolute Gasteiger partial charge is 0.497 e. The van der Waals surface area contributed by atoms with Crippen LogP contribution in [0.25, 0.3) is 0 Å². The van der Waals surface area contributed by atoms with Gasteiger partial charge in [-0.05, 0) is 12.1 Å². The second-order valence-corrected chi connectivity index (χ2v) is 5.93. The van der Waals surface area contributed by atoms with E-state index in [1.165, 1.54) is 30.5 Å². The normalized spacial score (nSPS) is 10.0. The Bertz CT molecular complexity index is 766. The molecule has 0 aliphatic heterocycles. The summed E-state index contributed by atoms with van der Waals surface area (Å²) in [7, 11) is 4.67. The van der Waals surface area contributed by atoms with Crippen LogP contribution >= 0.6 is 11.3 Å². The average molecular weight is 361 g/mol. The highest BCUT2D eigenvalue weighted by Crippen LogP contribution is 2.24. The molecule has 7 nitrogen and oxygen atoms in total. The molecule has 0 unspecified atom stereocenters. The van der Waals surface area contributed by atoms with Crippen LogP contribution in [0.3, 0.4) is 0 Å². The van der Waals surface area contributed by atoms with Crippen molar-refractivity contribution in [2.75, 3.05) is 33.1 Å². The van der Waals surface area contributed by atoms with Gasteiger partial charge in [-0.3, -0.25) is 14.9 Å². The number of anilines is 1. The Hall–Kier alpha value is -2.87. The number of amides is 2. The van der Waals surface area contributed by atoms with E-state index in [4.69, 9.17) is 9.47 Å². The zero-order chi connectivity index (χ0) is 18.4. The maximum atomic E-state index is 12.4. The van der Waals surface area contributed by atoms with Crippen LogP contribution in [-0.2, 0) is 0 Å². The first-order valence-corrected chi connectivity index (χ1v) is 8.22. The van der Waals surface area contributed by atoms with Crippen LogP contribution in [0.2, 0.25) is 0 Å². The number of ether oxygens (including phenoxy) is 2. The van der Waals surface area contributed by atoms with Crippen LogP contribution in [0.15, 0.2) is 36.2 Å². The predicted molar refractivity (Wildman–Crippen MR) is 96.8 cm³/mol. The molecule has 1 aromatic heterocycles. The molecule has 0 fully saturated rings. The summed E-state index contributed by atoms with van der Waals surface area (Å²) in [4.78, 5) is 30.2. The second-order valence-electron chi connectivity index (χ2n) is 5.07. The molecule has 0 radical (unpaired) electrons. The smallest absolute Gasteiger partial charge is 0.273 e. The van der Waals surface area contributed by atoms with E-state index in [1.54, 1.807) is 36.7 Å². The molecular formula is C17H19N3O4S. The summed E-state index contributed by atoms with van der Waals surface area (Å²) in [6.45, 7) is 4.01. The van der Waals surface area contributed by atoms with Gasteiger partial charge in [0.1, 0.15) is 17.2 Å². The molecule has 0 aliphatic carbocycles. The topological polar surface area (TPSA) is 80.8 Å². The van der Waals surface area contributed by atoms with E-state index in [2.05, 4.69) is 16.9 Å². The molecule has 2 amide bonds. The molecule has 0 atom stereocenters. The van der Waals surface area contributed by atoms with Gasteiger partial charge < -0.3 is 14.4 Å². The standard InChI is InChI=1S/C17H19N3O4S/c1-5-6-20(2)16(22)14-10-25-17(18-14)19-15(21)11-7-12(23-3)9-13(8-11)24-4/h5,7-10H,1,6H2,2-4H3,(H,18,19,21). The lowest BCUT2D eigenvalue weighted by molar-refractivity contribution is 0.0805. The van der Waals surface area contributed by atoms with Gasteiger partial charge in [-0.15, -0.1) is 17.9 Å². The van der Waals surface area contributed by atoms with Gasteiger partial charge in [-0.25, -0.2) is 4.98 Å². The first-order valence-electron chi connectivity index (χ1n) is 7.34. The van der Waals surface area contributed by atoms with Gasteiger partial charge in [0.05, 0.1) is 14.2 Å². The number of nitrogens with one attached hydrogen (secondary N) is 1. The van der Waals surface area contributed by atoms with Gasteiger partial charge in [0.15, 0.2) is 5.13 Å². The molecule has 2 rings (SSSR count). The van der Waals surface area contributed by atoms with Gasteiger partial charge in [0.2, 0.25) is 0 Å². The number of rotatable bonds is 7. The number of likely N-dealkylation sites (N-methyl/N-ethyl adjacent to an activating group) is 1. The molecule has 0 saturated heterocycles. The number of hydrogen-bond donors (Lipinski definition) is 1. The Morgan fingerprint density at radius 2 is 1.92 bits per heavy atom. The first kappa shape index (κ1) is 18.5. The molecule has 2 aromatic rings. The minimum Gasteiger partial charge on any atom is -0.497 e. The highest BCUT2D eigenvalue weighted by Gasteiger charge is 2.17. The maximum absolute atomic E-state index is 12.4.